The van der Waals surface area contributed by atoms with E-state index < -0.39 is 5.97 Å². The van der Waals surface area contributed by atoms with Crippen LogP contribution in [-0.4, -0.2) is 66.6 Å². The number of hydrogen-bond acceptors (Lipinski definition) is 6. The molecule has 3 heterocycles. The number of benzene rings is 1. The summed E-state index contributed by atoms with van der Waals surface area (Å²) >= 11 is 6.33. The van der Waals surface area contributed by atoms with Gasteiger partial charge in [-0.05, 0) is 11.6 Å². The zero-order chi connectivity index (χ0) is 23.5. The van der Waals surface area contributed by atoms with Crippen LogP contribution < -0.4 is 10.3 Å². The van der Waals surface area contributed by atoms with Crippen LogP contribution in [0, 0.1) is 5.92 Å². The Labute approximate surface area is 197 Å². The molecule has 33 heavy (non-hydrogen) atoms. The van der Waals surface area contributed by atoms with Gasteiger partial charge in [0.25, 0.3) is 5.56 Å². The Morgan fingerprint density at radius 1 is 1.18 bits per heavy atom. The average molecular weight is 474 g/mol. The third-order valence-electron chi connectivity index (χ3n) is 6.32. The zero-order valence-electron chi connectivity index (χ0n) is 18.9. The summed E-state index contributed by atoms with van der Waals surface area (Å²) in [6, 6.07) is 9.06. The molecule has 8 nitrogen and oxygen atoms in total. The molecule has 0 N–H and O–H groups in total. The van der Waals surface area contributed by atoms with Gasteiger partial charge in [-0.3, -0.25) is 14.5 Å². The molecule has 176 valence electrons. The highest BCUT2D eigenvalue weighted by molar-refractivity contribution is 6.31. The maximum Gasteiger partial charge on any atom is 0.343 e. The van der Waals surface area contributed by atoms with E-state index in [9.17, 15) is 14.4 Å². The van der Waals surface area contributed by atoms with E-state index in [1.165, 1.54) is 13.2 Å². The van der Waals surface area contributed by atoms with E-state index in [1.807, 2.05) is 24.3 Å². The summed E-state index contributed by atoms with van der Waals surface area (Å²) in [7, 11) is 3.07. The van der Waals surface area contributed by atoms with Gasteiger partial charge in [-0.25, -0.2) is 4.79 Å². The van der Waals surface area contributed by atoms with Gasteiger partial charge in [0.2, 0.25) is 5.91 Å². The molecule has 4 rings (SSSR count). The Hall–Kier alpha value is -2.84. The third kappa shape index (κ3) is 5.07. The summed E-state index contributed by atoms with van der Waals surface area (Å²) in [6.45, 7) is 3.25. The lowest BCUT2D eigenvalue weighted by molar-refractivity contribution is -0.126. The highest BCUT2D eigenvalue weighted by Gasteiger charge is 2.30. The Bertz CT molecular complexity index is 1120. The number of pyridine rings is 1. The van der Waals surface area contributed by atoms with Crippen LogP contribution in [0.5, 0.6) is 5.75 Å². The number of carbonyl (C=O) groups is 2. The minimum absolute atomic E-state index is 0.0145. The number of ether oxygens (including phenoxy) is 2. The van der Waals surface area contributed by atoms with E-state index in [0.717, 1.165) is 5.56 Å². The van der Waals surface area contributed by atoms with Crippen LogP contribution in [0.1, 0.15) is 28.0 Å². The van der Waals surface area contributed by atoms with E-state index in [0.29, 0.717) is 56.3 Å². The van der Waals surface area contributed by atoms with E-state index in [1.54, 1.807) is 16.5 Å². The van der Waals surface area contributed by atoms with Crippen molar-refractivity contribution in [3.8, 4) is 5.75 Å². The molecule has 2 aliphatic heterocycles. The van der Waals surface area contributed by atoms with E-state index in [4.69, 9.17) is 21.1 Å². The van der Waals surface area contributed by atoms with Crippen molar-refractivity contribution in [3.05, 3.63) is 62.5 Å². The smallest absolute Gasteiger partial charge is 0.343 e. The molecule has 1 fully saturated rings. The molecular formula is C24H28ClN3O5. The van der Waals surface area contributed by atoms with Crippen molar-refractivity contribution in [2.24, 2.45) is 5.92 Å². The van der Waals surface area contributed by atoms with Crippen molar-refractivity contribution in [1.29, 1.82) is 0 Å². The second kappa shape index (κ2) is 9.97. The number of halogens is 1. The van der Waals surface area contributed by atoms with Gasteiger partial charge in [0.15, 0.2) is 0 Å². The standard InChI is InChI=1S/C24H28ClN3O5/c1-26-13-16(11-21(26)29)15-33-20-12-22(30)28-10-9-27(14-17-5-3-4-6-18(17)25)8-7-19(28)23(20)24(31)32-2/h3-6,12,16H,7-11,13-15H2,1-2H3. The number of aromatic nitrogens is 1. The normalized spacial score (nSPS) is 18.7. The number of nitrogens with zero attached hydrogens (tertiary/aromatic N) is 3. The lowest BCUT2D eigenvalue weighted by Gasteiger charge is -2.20. The van der Waals surface area contributed by atoms with E-state index >= 15 is 0 Å². The molecule has 1 aromatic heterocycles. The first-order valence-electron chi connectivity index (χ1n) is 11.0. The molecule has 1 atom stereocenters. The van der Waals surface area contributed by atoms with Crippen LogP contribution >= 0.6 is 11.6 Å². The molecule has 1 unspecified atom stereocenters. The first-order chi connectivity index (χ1) is 15.9. The molecule has 1 amide bonds. The van der Waals surface area contributed by atoms with Gasteiger partial charge in [0.05, 0.1) is 13.7 Å². The summed E-state index contributed by atoms with van der Waals surface area (Å²) in [6.07, 6.45) is 0.886. The van der Waals surface area contributed by atoms with Gasteiger partial charge in [-0.1, -0.05) is 29.8 Å². The average Bonchev–Trinajstić information content (AvgIpc) is 2.98. The van der Waals surface area contributed by atoms with Gasteiger partial charge in [0, 0.05) is 75.3 Å². The fraction of sp³-hybridized carbons (Fsp3) is 0.458. The second-order valence-electron chi connectivity index (χ2n) is 8.58. The second-order valence-corrected chi connectivity index (χ2v) is 8.99. The minimum Gasteiger partial charge on any atom is -0.492 e. The first kappa shape index (κ1) is 23.3. The van der Waals surface area contributed by atoms with Gasteiger partial charge >= 0.3 is 5.97 Å². The summed E-state index contributed by atoms with van der Waals surface area (Å²) in [5, 5.41) is 0.707. The first-order valence-corrected chi connectivity index (χ1v) is 11.4. The zero-order valence-corrected chi connectivity index (χ0v) is 19.6. The molecular weight excluding hydrogens is 446 g/mol. The number of hydrogen-bond donors (Lipinski definition) is 0. The van der Waals surface area contributed by atoms with Crippen LogP contribution in [0.4, 0.5) is 0 Å². The van der Waals surface area contributed by atoms with E-state index in [2.05, 4.69) is 4.90 Å². The Morgan fingerprint density at radius 3 is 2.67 bits per heavy atom. The Morgan fingerprint density at radius 2 is 1.97 bits per heavy atom. The number of esters is 1. The number of likely N-dealkylation sites (tertiary alicyclic amines) is 1. The molecule has 0 aliphatic carbocycles. The lowest BCUT2D eigenvalue weighted by Crippen LogP contribution is -2.29. The van der Waals surface area contributed by atoms with Gasteiger partial charge in [0.1, 0.15) is 11.3 Å². The summed E-state index contributed by atoms with van der Waals surface area (Å²) in [5.74, 6) is -0.231. The van der Waals surface area contributed by atoms with Crippen LogP contribution in [0.2, 0.25) is 5.02 Å². The molecule has 0 radical (unpaired) electrons. The SMILES string of the molecule is COC(=O)c1c(OCC2CC(=O)N(C)C2)cc(=O)n2c1CCN(Cc1ccccc1Cl)CC2. The molecule has 1 saturated heterocycles. The maximum atomic E-state index is 12.9. The van der Waals surface area contributed by atoms with Gasteiger partial charge < -0.3 is 18.9 Å². The molecule has 2 aromatic rings. The number of fused-ring (bicyclic) bond motifs is 1. The summed E-state index contributed by atoms with van der Waals surface area (Å²) in [4.78, 5) is 41.4. The maximum absolute atomic E-state index is 12.9. The third-order valence-corrected chi connectivity index (χ3v) is 6.69. The fourth-order valence-electron chi connectivity index (χ4n) is 4.53. The van der Waals surface area contributed by atoms with Crippen LogP contribution in [0.15, 0.2) is 35.1 Å². The Balaban J connectivity index is 1.57. The number of rotatable bonds is 6. The molecule has 1 aromatic carbocycles. The highest BCUT2D eigenvalue weighted by atomic mass is 35.5. The van der Waals surface area contributed by atoms with Gasteiger partial charge in [-0.2, -0.15) is 0 Å². The van der Waals surface area contributed by atoms with Crippen molar-refractivity contribution in [3.63, 3.8) is 0 Å². The summed E-state index contributed by atoms with van der Waals surface area (Å²) in [5.41, 5.74) is 1.71. The molecule has 0 saturated carbocycles. The Kier molecular flexibility index (Phi) is 7.05. The lowest BCUT2D eigenvalue weighted by atomic mass is 10.1. The predicted molar refractivity (Wildman–Crippen MR) is 124 cm³/mol. The molecule has 0 bridgehead atoms. The predicted octanol–water partition coefficient (Wildman–Crippen LogP) is 2.20. The molecule has 9 heteroatoms. The number of methoxy groups -OCH3 is 1. The monoisotopic (exact) mass is 473 g/mol. The summed E-state index contributed by atoms with van der Waals surface area (Å²) < 4.78 is 12.6. The van der Waals surface area contributed by atoms with E-state index in [-0.39, 0.29) is 35.3 Å². The van der Waals surface area contributed by atoms with Crippen LogP contribution in [0.25, 0.3) is 0 Å². The van der Waals surface area contributed by atoms with Crippen LogP contribution in [-0.2, 0) is 29.0 Å². The molecule has 0 spiro atoms. The molecule has 2 aliphatic rings. The minimum atomic E-state index is -0.534. The topological polar surface area (TPSA) is 81.1 Å². The largest absolute Gasteiger partial charge is 0.492 e. The quantitative estimate of drug-likeness (QED) is 0.598. The van der Waals surface area contributed by atoms with Gasteiger partial charge in [-0.15, -0.1) is 0 Å². The van der Waals surface area contributed by atoms with Crippen LogP contribution in [0.3, 0.4) is 0 Å². The number of carbonyl (C=O) groups excluding carboxylic acids is 2. The van der Waals surface area contributed by atoms with Crippen molar-refractivity contribution in [1.82, 2.24) is 14.4 Å². The van der Waals surface area contributed by atoms with Crippen molar-refractivity contribution < 1.29 is 19.1 Å². The highest BCUT2D eigenvalue weighted by Crippen LogP contribution is 2.26. The van der Waals surface area contributed by atoms with Crippen molar-refractivity contribution >= 4 is 23.5 Å². The number of amides is 1. The fourth-order valence-corrected chi connectivity index (χ4v) is 4.73. The van der Waals surface area contributed by atoms with Crippen molar-refractivity contribution in [2.45, 2.75) is 25.9 Å². The van der Waals surface area contributed by atoms with Crippen molar-refractivity contribution in [2.75, 3.05) is 40.4 Å².